The summed E-state index contributed by atoms with van der Waals surface area (Å²) >= 11 is 5.45. The molecule has 0 saturated carbocycles. The van der Waals surface area contributed by atoms with Gasteiger partial charge in [0.15, 0.2) is 16.6 Å². The van der Waals surface area contributed by atoms with Crippen molar-refractivity contribution in [2.75, 3.05) is 26.9 Å². The summed E-state index contributed by atoms with van der Waals surface area (Å²) in [6.45, 7) is 11.2. The largest absolute Gasteiger partial charge is 0.493 e. The second kappa shape index (κ2) is 13.5. The third kappa shape index (κ3) is 8.68. The van der Waals surface area contributed by atoms with Gasteiger partial charge in [0.25, 0.3) is 0 Å². The normalized spacial score (nSPS) is 12.1. The zero-order valence-electron chi connectivity index (χ0n) is 22.4. The molecule has 0 aliphatic heterocycles. The summed E-state index contributed by atoms with van der Waals surface area (Å²) in [7, 11) is 1.60. The van der Waals surface area contributed by atoms with Gasteiger partial charge in [-0.3, -0.25) is 4.79 Å². The van der Waals surface area contributed by atoms with Gasteiger partial charge in [0.1, 0.15) is 13.2 Å². The topological polar surface area (TPSA) is 100 Å². The zero-order chi connectivity index (χ0) is 26.9. The van der Waals surface area contributed by atoms with Gasteiger partial charge in [-0.25, -0.2) is 0 Å². The summed E-state index contributed by atoms with van der Waals surface area (Å²) in [6.07, 6.45) is 1.51. The van der Waals surface area contributed by atoms with Gasteiger partial charge in [-0.05, 0) is 94.1 Å². The number of aryl methyl sites for hydroxylation is 3. The van der Waals surface area contributed by atoms with Crippen molar-refractivity contribution in [3.8, 4) is 11.5 Å². The molecule has 0 amide bonds. The number of carbonyl (C=O) groups is 1. The molecule has 36 heavy (non-hydrogen) atoms. The Morgan fingerprint density at radius 2 is 1.75 bits per heavy atom. The van der Waals surface area contributed by atoms with E-state index in [4.69, 9.17) is 37.9 Å². The molecule has 1 atom stereocenters. The minimum absolute atomic E-state index is 0.188. The SMILES string of the molecule is COc1cc(CN(C(N)=S)C(CCc2ccc(C)c(C)c2)COC(=O)C(C)(C)C)ccc1OCCN. The first-order valence-corrected chi connectivity index (χ1v) is 12.7. The number of nitrogens with zero attached hydrogens (tertiary/aromatic N) is 1. The molecular formula is C28H41N3O4S. The lowest BCUT2D eigenvalue weighted by atomic mass is 9.97. The highest BCUT2D eigenvalue weighted by Crippen LogP contribution is 2.29. The summed E-state index contributed by atoms with van der Waals surface area (Å²) in [5, 5.41) is 0.245. The highest BCUT2D eigenvalue weighted by molar-refractivity contribution is 7.80. The van der Waals surface area contributed by atoms with Gasteiger partial charge in [0, 0.05) is 13.1 Å². The minimum atomic E-state index is -0.598. The second-order valence-electron chi connectivity index (χ2n) is 10.0. The van der Waals surface area contributed by atoms with Gasteiger partial charge in [0.05, 0.1) is 18.6 Å². The molecule has 2 aromatic rings. The Morgan fingerprint density at radius 1 is 1.06 bits per heavy atom. The molecular weight excluding hydrogens is 474 g/mol. The Morgan fingerprint density at radius 3 is 2.33 bits per heavy atom. The molecule has 0 aliphatic carbocycles. The van der Waals surface area contributed by atoms with E-state index in [1.54, 1.807) is 7.11 Å². The molecule has 198 valence electrons. The average Bonchev–Trinajstić information content (AvgIpc) is 2.83. The molecule has 0 saturated heterocycles. The van der Waals surface area contributed by atoms with E-state index in [0.29, 0.717) is 37.6 Å². The van der Waals surface area contributed by atoms with Crippen LogP contribution in [0.2, 0.25) is 0 Å². The highest BCUT2D eigenvalue weighted by atomic mass is 32.1. The van der Waals surface area contributed by atoms with Crippen LogP contribution in [0.3, 0.4) is 0 Å². The molecule has 0 fully saturated rings. The highest BCUT2D eigenvalue weighted by Gasteiger charge is 2.27. The van der Waals surface area contributed by atoms with Crippen molar-refractivity contribution >= 4 is 23.3 Å². The summed E-state index contributed by atoms with van der Waals surface area (Å²) in [5.41, 5.74) is 15.8. The first-order valence-electron chi connectivity index (χ1n) is 12.3. The van der Waals surface area contributed by atoms with Crippen LogP contribution < -0.4 is 20.9 Å². The maximum absolute atomic E-state index is 12.5. The van der Waals surface area contributed by atoms with E-state index in [-0.39, 0.29) is 23.7 Å². The first-order chi connectivity index (χ1) is 17.0. The number of hydrogen-bond acceptors (Lipinski definition) is 6. The Labute approximate surface area is 221 Å². The van der Waals surface area contributed by atoms with Gasteiger partial charge in [-0.2, -0.15) is 0 Å². The van der Waals surface area contributed by atoms with E-state index in [1.807, 2.05) is 43.9 Å². The first kappa shape index (κ1) is 29.4. The fraction of sp³-hybridized carbons (Fsp3) is 0.500. The summed E-state index contributed by atoms with van der Waals surface area (Å²) < 4.78 is 16.9. The number of hydrogen-bond donors (Lipinski definition) is 2. The number of benzene rings is 2. The number of thiocarbonyl (C=S) groups is 1. The molecule has 0 radical (unpaired) electrons. The maximum atomic E-state index is 12.5. The van der Waals surface area contributed by atoms with Crippen LogP contribution in [-0.2, 0) is 22.5 Å². The minimum Gasteiger partial charge on any atom is -0.493 e. The number of carbonyl (C=O) groups excluding carboxylic acids is 1. The molecule has 1 unspecified atom stereocenters. The van der Waals surface area contributed by atoms with E-state index < -0.39 is 5.41 Å². The van der Waals surface area contributed by atoms with Crippen LogP contribution in [0.5, 0.6) is 11.5 Å². The van der Waals surface area contributed by atoms with Crippen LogP contribution in [0.1, 0.15) is 49.4 Å². The number of nitrogens with two attached hydrogens (primary N) is 2. The smallest absolute Gasteiger partial charge is 0.311 e. The third-order valence-electron chi connectivity index (χ3n) is 6.04. The average molecular weight is 516 g/mol. The maximum Gasteiger partial charge on any atom is 0.311 e. The zero-order valence-corrected chi connectivity index (χ0v) is 23.2. The van der Waals surface area contributed by atoms with Gasteiger partial charge in [0.2, 0.25) is 0 Å². The molecule has 8 heteroatoms. The Hall–Kier alpha value is -2.84. The van der Waals surface area contributed by atoms with E-state index in [2.05, 4.69) is 32.0 Å². The molecule has 0 aliphatic rings. The summed E-state index contributed by atoms with van der Waals surface area (Å²) in [4.78, 5) is 14.5. The molecule has 4 N–H and O–H groups in total. The van der Waals surface area contributed by atoms with Crippen molar-refractivity contribution in [3.05, 3.63) is 58.7 Å². The lowest BCUT2D eigenvalue weighted by Gasteiger charge is -2.33. The van der Waals surface area contributed by atoms with Gasteiger partial charge >= 0.3 is 5.97 Å². The Kier molecular flexibility index (Phi) is 11.0. The summed E-state index contributed by atoms with van der Waals surface area (Å²) in [6, 6.07) is 12.0. The number of esters is 1. The number of ether oxygens (including phenoxy) is 3. The van der Waals surface area contributed by atoms with Crippen molar-refractivity contribution in [2.45, 2.75) is 60.0 Å². The van der Waals surface area contributed by atoms with Crippen LogP contribution in [0.4, 0.5) is 0 Å². The fourth-order valence-electron chi connectivity index (χ4n) is 3.69. The predicted molar refractivity (Wildman–Crippen MR) is 148 cm³/mol. The van der Waals surface area contributed by atoms with E-state index in [0.717, 1.165) is 12.0 Å². The standard InChI is InChI=1S/C28H41N3O4S/c1-19-7-8-21(15-20(19)2)9-11-23(18-35-26(32)28(3,4)5)31(27(30)36)17-22-10-12-24(34-14-13-29)25(16-22)33-6/h7-8,10,12,15-16,23H,9,11,13-14,17-18,29H2,1-6H3,(H2,30,36). The molecule has 0 heterocycles. The molecule has 2 aromatic carbocycles. The van der Waals surface area contributed by atoms with E-state index in [9.17, 15) is 4.79 Å². The van der Waals surface area contributed by atoms with E-state index in [1.165, 1.54) is 16.7 Å². The van der Waals surface area contributed by atoms with Gasteiger partial charge in [-0.1, -0.05) is 24.3 Å². The lowest BCUT2D eigenvalue weighted by Crippen LogP contribution is -2.46. The van der Waals surface area contributed by atoms with Crippen molar-refractivity contribution in [3.63, 3.8) is 0 Å². The fourth-order valence-corrected chi connectivity index (χ4v) is 3.91. The van der Waals surface area contributed by atoms with Crippen LogP contribution in [-0.4, -0.2) is 48.9 Å². The predicted octanol–water partition coefficient (Wildman–Crippen LogP) is 4.29. The Balaban J connectivity index is 2.28. The quantitative estimate of drug-likeness (QED) is 0.319. The van der Waals surface area contributed by atoms with Crippen LogP contribution in [0, 0.1) is 19.3 Å². The van der Waals surface area contributed by atoms with E-state index >= 15 is 0 Å². The molecule has 0 bridgehead atoms. The number of rotatable bonds is 12. The van der Waals surface area contributed by atoms with Crippen molar-refractivity contribution in [2.24, 2.45) is 16.9 Å². The number of methoxy groups -OCH3 is 1. The molecule has 2 rings (SSSR count). The van der Waals surface area contributed by atoms with Crippen molar-refractivity contribution < 1.29 is 19.0 Å². The third-order valence-corrected chi connectivity index (χ3v) is 6.27. The molecule has 7 nitrogen and oxygen atoms in total. The van der Waals surface area contributed by atoms with Crippen LogP contribution >= 0.6 is 12.2 Å². The summed E-state index contributed by atoms with van der Waals surface area (Å²) in [5.74, 6) is 0.971. The van der Waals surface area contributed by atoms with Gasteiger partial charge in [-0.15, -0.1) is 0 Å². The molecule has 0 spiro atoms. The van der Waals surface area contributed by atoms with Crippen LogP contribution in [0.15, 0.2) is 36.4 Å². The monoisotopic (exact) mass is 515 g/mol. The van der Waals surface area contributed by atoms with Crippen LogP contribution in [0.25, 0.3) is 0 Å². The van der Waals surface area contributed by atoms with Crippen molar-refractivity contribution in [1.29, 1.82) is 0 Å². The van der Waals surface area contributed by atoms with Gasteiger partial charge < -0.3 is 30.6 Å². The lowest BCUT2D eigenvalue weighted by molar-refractivity contribution is -0.154. The van der Waals surface area contributed by atoms with Crippen molar-refractivity contribution in [1.82, 2.24) is 4.90 Å². The second-order valence-corrected chi connectivity index (χ2v) is 10.5. The molecule has 0 aromatic heterocycles. The Bertz CT molecular complexity index is 1040.